The van der Waals surface area contributed by atoms with Gasteiger partial charge in [0.15, 0.2) is 8.32 Å². The van der Waals surface area contributed by atoms with Crippen LogP contribution in [0.1, 0.15) is 32.8 Å². The van der Waals surface area contributed by atoms with Crippen LogP contribution in [0, 0.1) is 0 Å². The van der Waals surface area contributed by atoms with Crippen molar-refractivity contribution in [1.29, 1.82) is 0 Å². The Morgan fingerprint density at radius 3 is 2.11 bits per heavy atom. The van der Waals surface area contributed by atoms with Crippen molar-refractivity contribution in [3.8, 4) is 5.75 Å². The van der Waals surface area contributed by atoms with Gasteiger partial charge in [-0.15, -0.1) is 0 Å². The van der Waals surface area contributed by atoms with E-state index in [2.05, 4.69) is 0 Å². The molecule has 1 aromatic rings. The van der Waals surface area contributed by atoms with E-state index in [1.807, 2.05) is 33.9 Å². The van der Waals surface area contributed by atoms with Crippen LogP contribution in [-0.4, -0.2) is 81.7 Å². The lowest BCUT2D eigenvalue weighted by Crippen LogP contribution is -2.56. The maximum absolute atomic E-state index is 14.1. The molecule has 2 amide bonds. The molecule has 0 aromatic heterocycles. The van der Waals surface area contributed by atoms with E-state index in [9.17, 15) is 31.5 Å². The van der Waals surface area contributed by atoms with Crippen molar-refractivity contribution in [1.82, 2.24) is 9.80 Å². The van der Waals surface area contributed by atoms with Crippen LogP contribution in [0.2, 0.25) is 18.1 Å². The average Bonchev–Trinajstić information content (AvgIpc) is 3.19. The molecule has 13 heteroatoms. The van der Waals surface area contributed by atoms with Gasteiger partial charge in [0.25, 0.3) is 6.43 Å². The molecule has 2 rings (SSSR count). The maximum Gasteiger partial charge on any atom is 0.471 e. The molecule has 1 aliphatic heterocycles. The van der Waals surface area contributed by atoms with Gasteiger partial charge in [-0.05, 0) is 42.2 Å². The predicted molar refractivity (Wildman–Crippen MR) is 129 cm³/mol. The van der Waals surface area contributed by atoms with E-state index >= 15 is 0 Å². The fourth-order valence-corrected chi connectivity index (χ4v) is 5.04. The van der Waals surface area contributed by atoms with E-state index < -0.39 is 64.0 Å². The summed E-state index contributed by atoms with van der Waals surface area (Å²) in [7, 11) is -0.0925. The van der Waals surface area contributed by atoms with E-state index in [1.54, 1.807) is 0 Å². The fraction of sp³-hybridized carbons (Fsp3) is 0.667. The molecule has 1 saturated heterocycles. The molecule has 1 fully saturated rings. The van der Waals surface area contributed by atoms with Gasteiger partial charge in [0.1, 0.15) is 5.75 Å². The summed E-state index contributed by atoms with van der Waals surface area (Å²) < 4.78 is 85.3. The average molecular weight is 555 g/mol. The number of ether oxygens (including phenoxy) is 2. The van der Waals surface area contributed by atoms with Crippen LogP contribution in [0.15, 0.2) is 24.3 Å². The van der Waals surface area contributed by atoms with Crippen molar-refractivity contribution >= 4 is 20.3 Å². The molecule has 0 bridgehead atoms. The van der Waals surface area contributed by atoms with Crippen LogP contribution >= 0.6 is 0 Å². The quantitative estimate of drug-likeness (QED) is 0.316. The molecule has 0 saturated carbocycles. The van der Waals surface area contributed by atoms with E-state index in [4.69, 9.17) is 13.9 Å². The van der Waals surface area contributed by atoms with E-state index in [1.165, 1.54) is 31.4 Å². The number of hydrogen-bond donors (Lipinski definition) is 0. The standard InChI is InChI=1S/C24H35F5N2O5Si/c1-23(2,3)37(6,7)36-14-19-17(12-18(20(25)26)31(19)22(33)35-5)30(21(32)24(27,28)29)13-15-8-10-16(34-4)11-9-15/h8-11,17-20H,12-14H2,1-7H3/t17-,18-,19-/m0/s1. The molecule has 0 spiro atoms. The van der Waals surface area contributed by atoms with Crippen LogP contribution in [0.4, 0.5) is 26.7 Å². The molecule has 0 N–H and O–H groups in total. The smallest absolute Gasteiger partial charge is 0.471 e. The Morgan fingerprint density at radius 1 is 1.11 bits per heavy atom. The van der Waals surface area contributed by atoms with Gasteiger partial charge in [-0.2, -0.15) is 13.2 Å². The van der Waals surface area contributed by atoms with Crippen molar-refractivity contribution in [3.63, 3.8) is 0 Å². The number of amides is 2. The Bertz CT molecular complexity index is 937. The summed E-state index contributed by atoms with van der Waals surface area (Å²) >= 11 is 0. The zero-order valence-electron chi connectivity index (χ0n) is 22.1. The number of nitrogens with zero attached hydrogens (tertiary/aromatic N) is 2. The van der Waals surface area contributed by atoms with Gasteiger partial charge in [0, 0.05) is 6.54 Å². The molecular formula is C24H35F5N2O5Si. The minimum absolute atomic E-state index is 0.302. The van der Waals surface area contributed by atoms with E-state index in [0.717, 1.165) is 12.0 Å². The first kappa shape index (κ1) is 30.8. The van der Waals surface area contributed by atoms with Crippen LogP contribution in [0.25, 0.3) is 0 Å². The van der Waals surface area contributed by atoms with E-state index in [0.29, 0.717) is 16.2 Å². The predicted octanol–water partition coefficient (Wildman–Crippen LogP) is 5.45. The summed E-state index contributed by atoms with van der Waals surface area (Å²) in [6.45, 7) is 8.75. The number of likely N-dealkylation sites (tertiary alicyclic amines) is 1. The van der Waals surface area contributed by atoms with Crippen LogP contribution in [0.3, 0.4) is 0 Å². The van der Waals surface area contributed by atoms with Crippen molar-refractivity contribution in [2.75, 3.05) is 20.8 Å². The molecule has 1 heterocycles. The Kier molecular flexibility index (Phi) is 9.61. The van der Waals surface area contributed by atoms with Gasteiger partial charge in [-0.3, -0.25) is 9.69 Å². The number of benzene rings is 1. The van der Waals surface area contributed by atoms with Crippen molar-refractivity contribution in [2.45, 2.75) is 82.6 Å². The number of rotatable bonds is 8. The monoisotopic (exact) mass is 554 g/mol. The van der Waals surface area contributed by atoms with Crippen LogP contribution in [0.5, 0.6) is 5.75 Å². The number of carbonyl (C=O) groups is 2. The number of halogens is 5. The Hall–Kier alpha value is -2.41. The Labute approximate surface area is 215 Å². The highest BCUT2D eigenvalue weighted by molar-refractivity contribution is 6.74. The molecule has 1 aromatic carbocycles. The fourth-order valence-electron chi connectivity index (χ4n) is 4.02. The molecule has 7 nitrogen and oxygen atoms in total. The summed E-state index contributed by atoms with van der Waals surface area (Å²) in [5, 5.41) is -0.302. The second-order valence-corrected chi connectivity index (χ2v) is 15.3. The number of carbonyl (C=O) groups excluding carboxylic acids is 2. The SMILES string of the molecule is COC(=O)N1[C@H](C(F)F)C[C@H](N(Cc2ccc(OC)cc2)C(=O)C(F)(F)F)[C@@H]1CO[Si](C)(C)C(C)(C)C. The third kappa shape index (κ3) is 7.12. The third-order valence-electron chi connectivity index (χ3n) is 7.15. The van der Waals surface area contributed by atoms with Gasteiger partial charge in [-0.25, -0.2) is 13.6 Å². The Balaban J connectivity index is 2.56. The second-order valence-electron chi connectivity index (χ2n) is 10.5. The first-order valence-electron chi connectivity index (χ1n) is 11.7. The summed E-state index contributed by atoms with van der Waals surface area (Å²) in [6, 6.07) is 1.54. The zero-order chi connectivity index (χ0) is 28.3. The normalized spacial score (nSPS) is 20.8. The van der Waals surface area contributed by atoms with Gasteiger partial charge < -0.3 is 18.8 Å². The van der Waals surface area contributed by atoms with Gasteiger partial charge >= 0.3 is 18.2 Å². The van der Waals surface area contributed by atoms with Gasteiger partial charge in [0.2, 0.25) is 0 Å². The van der Waals surface area contributed by atoms with Crippen molar-refractivity contribution < 1.29 is 45.4 Å². The lowest BCUT2D eigenvalue weighted by molar-refractivity contribution is -0.189. The van der Waals surface area contributed by atoms with Gasteiger partial charge in [-0.1, -0.05) is 32.9 Å². The van der Waals surface area contributed by atoms with Crippen LogP contribution < -0.4 is 4.74 Å². The third-order valence-corrected chi connectivity index (χ3v) is 11.7. The van der Waals surface area contributed by atoms with Crippen molar-refractivity contribution in [2.24, 2.45) is 0 Å². The molecular weight excluding hydrogens is 519 g/mol. The molecule has 3 atom stereocenters. The highest BCUT2D eigenvalue weighted by atomic mass is 28.4. The summed E-state index contributed by atoms with van der Waals surface area (Å²) in [5.74, 6) is -1.74. The largest absolute Gasteiger partial charge is 0.497 e. The van der Waals surface area contributed by atoms with Crippen LogP contribution in [-0.2, 0) is 20.5 Å². The van der Waals surface area contributed by atoms with E-state index in [-0.39, 0.29) is 11.6 Å². The summed E-state index contributed by atoms with van der Waals surface area (Å²) in [6.07, 6.45) is -10.0. The number of hydrogen-bond acceptors (Lipinski definition) is 5. The minimum atomic E-state index is -5.27. The highest BCUT2D eigenvalue weighted by Crippen LogP contribution is 2.40. The molecule has 0 radical (unpaired) electrons. The summed E-state index contributed by atoms with van der Waals surface area (Å²) in [5.41, 5.74) is 0.326. The van der Waals surface area contributed by atoms with Gasteiger partial charge in [0.05, 0.1) is 39.0 Å². The molecule has 37 heavy (non-hydrogen) atoms. The lowest BCUT2D eigenvalue weighted by atomic mass is 10.0. The molecule has 0 aliphatic carbocycles. The number of methoxy groups -OCH3 is 2. The Morgan fingerprint density at radius 2 is 1.68 bits per heavy atom. The molecule has 1 aliphatic rings. The molecule has 210 valence electrons. The highest BCUT2D eigenvalue weighted by Gasteiger charge is 2.55. The maximum atomic E-state index is 14.1. The van der Waals surface area contributed by atoms with Crippen molar-refractivity contribution in [3.05, 3.63) is 29.8 Å². The molecule has 0 unspecified atom stereocenters. The minimum Gasteiger partial charge on any atom is -0.497 e. The topological polar surface area (TPSA) is 68.3 Å². The second kappa shape index (κ2) is 11.5. The number of alkyl halides is 5. The first-order chi connectivity index (χ1) is 16.9. The summed E-state index contributed by atoms with van der Waals surface area (Å²) in [4.78, 5) is 26.5. The first-order valence-corrected chi connectivity index (χ1v) is 14.6. The lowest BCUT2D eigenvalue weighted by Gasteiger charge is -2.40. The zero-order valence-corrected chi connectivity index (χ0v) is 23.1.